The summed E-state index contributed by atoms with van der Waals surface area (Å²) in [5, 5.41) is 13.3. The Hall–Kier alpha value is -1.84. The van der Waals surface area contributed by atoms with Crippen LogP contribution in [-0.2, 0) is 4.74 Å². The van der Waals surface area contributed by atoms with E-state index < -0.39 is 0 Å². The molecule has 2 aromatic rings. The van der Waals surface area contributed by atoms with Crippen molar-refractivity contribution in [1.29, 1.82) is 0 Å². The maximum atomic E-state index is 9.85. The molecular formula is C16H17NO2. The Bertz CT molecular complexity index is 545. The zero-order valence-electron chi connectivity index (χ0n) is 10.7. The number of rotatable bonds is 2. The number of hydrogen-bond donors (Lipinski definition) is 2. The molecule has 2 aromatic carbocycles. The summed E-state index contributed by atoms with van der Waals surface area (Å²) in [5.74, 6) is 0.314. The Balaban J connectivity index is 1.84. The largest absolute Gasteiger partial charge is 0.507 e. The zero-order valence-corrected chi connectivity index (χ0v) is 10.7. The van der Waals surface area contributed by atoms with Crippen LogP contribution in [0.25, 0.3) is 11.1 Å². The molecule has 1 fully saturated rings. The van der Waals surface area contributed by atoms with Crippen molar-refractivity contribution < 1.29 is 9.84 Å². The average molecular weight is 255 g/mol. The van der Waals surface area contributed by atoms with Crippen molar-refractivity contribution in [1.82, 2.24) is 5.32 Å². The third-order valence-corrected chi connectivity index (χ3v) is 3.45. The minimum Gasteiger partial charge on any atom is -0.507 e. The predicted molar refractivity (Wildman–Crippen MR) is 75.1 cm³/mol. The van der Waals surface area contributed by atoms with Gasteiger partial charge < -0.3 is 15.2 Å². The van der Waals surface area contributed by atoms with E-state index >= 15 is 0 Å². The minimum absolute atomic E-state index is 0.271. The maximum Gasteiger partial charge on any atom is 0.123 e. The molecule has 0 saturated carbocycles. The summed E-state index contributed by atoms with van der Waals surface area (Å²) in [6.07, 6.45) is 0. The number of hydrogen-bond acceptors (Lipinski definition) is 3. The van der Waals surface area contributed by atoms with Gasteiger partial charge in [0, 0.05) is 12.1 Å². The SMILES string of the molecule is Oc1ccccc1-c1ccc([C@@H]2COCCN2)cc1. The highest BCUT2D eigenvalue weighted by atomic mass is 16.5. The van der Waals surface area contributed by atoms with Gasteiger partial charge in [-0.15, -0.1) is 0 Å². The van der Waals surface area contributed by atoms with Crippen molar-refractivity contribution >= 4 is 0 Å². The number of phenols is 1. The number of morpholine rings is 1. The fraction of sp³-hybridized carbons (Fsp3) is 0.250. The summed E-state index contributed by atoms with van der Waals surface area (Å²) in [7, 11) is 0. The van der Waals surface area contributed by atoms with Crippen molar-refractivity contribution in [2.24, 2.45) is 0 Å². The van der Waals surface area contributed by atoms with E-state index in [0.717, 1.165) is 30.9 Å². The van der Waals surface area contributed by atoms with Crippen molar-refractivity contribution in [2.45, 2.75) is 6.04 Å². The number of phenolic OH excluding ortho intramolecular Hbond substituents is 1. The monoisotopic (exact) mass is 255 g/mol. The lowest BCUT2D eigenvalue weighted by atomic mass is 10.00. The van der Waals surface area contributed by atoms with E-state index in [1.165, 1.54) is 5.56 Å². The third kappa shape index (κ3) is 2.62. The molecule has 0 radical (unpaired) electrons. The van der Waals surface area contributed by atoms with Crippen LogP contribution < -0.4 is 5.32 Å². The molecule has 3 rings (SSSR count). The summed E-state index contributed by atoms with van der Waals surface area (Å²) < 4.78 is 5.47. The van der Waals surface area contributed by atoms with Crippen molar-refractivity contribution in [3.63, 3.8) is 0 Å². The van der Waals surface area contributed by atoms with E-state index in [0.29, 0.717) is 5.75 Å². The van der Waals surface area contributed by atoms with Gasteiger partial charge in [0.05, 0.1) is 19.3 Å². The lowest BCUT2D eigenvalue weighted by Gasteiger charge is -2.24. The number of para-hydroxylation sites is 1. The summed E-state index contributed by atoms with van der Waals surface area (Å²) in [4.78, 5) is 0. The molecule has 98 valence electrons. The lowest BCUT2D eigenvalue weighted by Crippen LogP contribution is -2.34. The molecule has 3 nitrogen and oxygen atoms in total. The Morgan fingerprint density at radius 2 is 1.84 bits per heavy atom. The van der Waals surface area contributed by atoms with Crippen LogP contribution in [0, 0.1) is 0 Å². The summed E-state index contributed by atoms with van der Waals surface area (Å²) in [6.45, 7) is 2.40. The van der Waals surface area contributed by atoms with Crippen molar-refractivity contribution in [3.8, 4) is 16.9 Å². The van der Waals surface area contributed by atoms with Gasteiger partial charge >= 0.3 is 0 Å². The average Bonchev–Trinajstić information content (AvgIpc) is 2.49. The van der Waals surface area contributed by atoms with E-state index in [-0.39, 0.29) is 6.04 Å². The van der Waals surface area contributed by atoms with Gasteiger partial charge in [0.15, 0.2) is 0 Å². The number of aromatic hydroxyl groups is 1. The number of ether oxygens (including phenoxy) is 1. The molecule has 3 heteroatoms. The second kappa shape index (κ2) is 5.43. The van der Waals surface area contributed by atoms with E-state index in [4.69, 9.17) is 4.74 Å². The van der Waals surface area contributed by atoms with Crippen LogP contribution in [0.5, 0.6) is 5.75 Å². The van der Waals surface area contributed by atoms with Gasteiger partial charge in [0.1, 0.15) is 5.75 Å². The molecule has 0 bridgehead atoms. The molecule has 1 atom stereocenters. The molecule has 1 heterocycles. The Morgan fingerprint density at radius 3 is 2.53 bits per heavy atom. The second-order valence-electron chi connectivity index (χ2n) is 4.72. The highest BCUT2D eigenvalue weighted by Crippen LogP contribution is 2.29. The van der Waals surface area contributed by atoms with E-state index in [1.54, 1.807) is 6.07 Å². The minimum atomic E-state index is 0.271. The summed E-state index contributed by atoms with van der Waals surface area (Å²) >= 11 is 0. The van der Waals surface area contributed by atoms with Crippen molar-refractivity contribution in [3.05, 3.63) is 54.1 Å². The van der Waals surface area contributed by atoms with Gasteiger partial charge in [-0.2, -0.15) is 0 Å². The molecule has 0 aliphatic carbocycles. The van der Waals surface area contributed by atoms with Gasteiger partial charge in [0.25, 0.3) is 0 Å². The fourth-order valence-corrected chi connectivity index (χ4v) is 2.39. The van der Waals surface area contributed by atoms with Crippen LogP contribution in [-0.4, -0.2) is 24.9 Å². The van der Waals surface area contributed by atoms with Crippen LogP contribution in [0.1, 0.15) is 11.6 Å². The van der Waals surface area contributed by atoms with Gasteiger partial charge in [0.2, 0.25) is 0 Å². The van der Waals surface area contributed by atoms with E-state index in [9.17, 15) is 5.11 Å². The Kier molecular flexibility index (Phi) is 3.49. The topological polar surface area (TPSA) is 41.5 Å². The molecule has 0 amide bonds. The van der Waals surface area contributed by atoms with E-state index in [1.807, 2.05) is 30.3 Å². The molecule has 19 heavy (non-hydrogen) atoms. The third-order valence-electron chi connectivity index (χ3n) is 3.45. The van der Waals surface area contributed by atoms with Crippen LogP contribution in [0.3, 0.4) is 0 Å². The highest BCUT2D eigenvalue weighted by molar-refractivity contribution is 5.70. The number of benzene rings is 2. The lowest BCUT2D eigenvalue weighted by molar-refractivity contribution is 0.0769. The molecular weight excluding hydrogens is 238 g/mol. The van der Waals surface area contributed by atoms with Gasteiger partial charge in [-0.3, -0.25) is 0 Å². The first-order valence-corrected chi connectivity index (χ1v) is 6.54. The quantitative estimate of drug-likeness (QED) is 0.867. The van der Waals surface area contributed by atoms with Gasteiger partial charge in [-0.05, 0) is 17.2 Å². The second-order valence-corrected chi connectivity index (χ2v) is 4.72. The van der Waals surface area contributed by atoms with Gasteiger partial charge in [-0.1, -0.05) is 42.5 Å². The van der Waals surface area contributed by atoms with Crippen LogP contribution in [0.15, 0.2) is 48.5 Å². The van der Waals surface area contributed by atoms with Crippen LogP contribution in [0.4, 0.5) is 0 Å². The van der Waals surface area contributed by atoms with Crippen LogP contribution >= 0.6 is 0 Å². The first-order valence-electron chi connectivity index (χ1n) is 6.54. The van der Waals surface area contributed by atoms with E-state index in [2.05, 4.69) is 17.4 Å². The maximum absolute atomic E-state index is 9.85. The predicted octanol–water partition coefficient (Wildman–Crippen LogP) is 2.72. The Morgan fingerprint density at radius 1 is 1.05 bits per heavy atom. The van der Waals surface area contributed by atoms with Crippen molar-refractivity contribution in [2.75, 3.05) is 19.8 Å². The molecule has 1 aliphatic heterocycles. The summed E-state index contributed by atoms with van der Waals surface area (Å²) in [5.41, 5.74) is 3.11. The number of nitrogens with one attached hydrogen (secondary N) is 1. The molecule has 1 aliphatic rings. The molecule has 0 aromatic heterocycles. The fourth-order valence-electron chi connectivity index (χ4n) is 2.39. The molecule has 1 saturated heterocycles. The highest BCUT2D eigenvalue weighted by Gasteiger charge is 2.15. The zero-order chi connectivity index (χ0) is 13.1. The van der Waals surface area contributed by atoms with Crippen LogP contribution in [0.2, 0.25) is 0 Å². The van der Waals surface area contributed by atoms with Gasteiger partial charge in [-0.25, -0.2) is 0 Å². The smallest absolute Gasteiger partial charge is 0.123 e. The summed E-state index contributed by atoms with van der Waals surface area (Å²) in [6, 6.07) is 15.9. The molecule has 0 unspecified atom stereocenters. The Labute approximate surface area is 112 Å². The first-order chi connectivity index (χ1) is 9.34. The standard InChI is InChI=1S/C16H17NO2/c18-16-4-2-1-3-14(16)12-5-7-13(8-6-12)15-11-19-10-9-17-15/h1-8,15,17-18H,9-11H2/t15-/m0/s1. The molecule has 0 spiro atoms. The normalized spacial score (nSPS) is 19.3. The molecule has 2 N–H and O–H groups in total. The first kappa shape index (κ1) is 12.2.